The molecule has 0 radical (unpaired) electrons. The van der Waals surface area contributed by atoms with Crippen molar-refractivity contribution in [3.63, 3.8) is 0 Å². The van der Waals surface area contributed by atoms with E-state index >= 15 is 0 Å². The number of hydrogen-bond acceptors (Lipinski definition) is 3. The van der Waals surface area contributed by atoms with Gasteiger partial charge in [-0.25, -0.2) is 0 Å². The molecule has 0 aliphatic rings. The number of furan rings is 1. The van der Waals surface area contributed by atoms with E-state index in [0.717, 1.165) is 5.56 Å². The summed E-state index contributed by atoms with van der Waals surface area (Å²) < 4.78 is 5.17. The van der Waals surface area contributed by atoms with E-state index in [4.69, 9.17) is 4.42 Å². The fourth-order valence-corrected chi connectivity index (χ4v) is 2.06. The van der Waals surface area contributed by atoms with Crippen molar-refractivity contribution in [3.05, 3.63) is 60.1 Å². The summed E-state index contributed by atoms with van der Waals surface area (Å²) in [6.07, 6.45) is 1.13. The fourth-order valence-electron chi connectivity index (χ4n) is 2.06. The third kappa shape index (κ3) is 3.71. The van der Waals surface area contributed by atoms with E-state index in [0.29, 0.717) is 18.7 Å². The molecule has 2 aromatic rings. The van der Waals surface area contributed by atoms with Gasteiger partial charge in [0.2, 0.25) is 5.91 Å². The largest absolute Gasteiger partial charge is 0.467 e. The van der Waals surface area contributed by atoms with Gasteiger partial charge in [0.1, 0.15) is 11.9 Å². The van der Waals surface area contributed by atoms with Gasteiger partial charge in [0.25, 0.3) is 0 Å². The minimum Gasteiger partial charge on any atom is -0.467 e. The first-order valence-electron chi connectivity index (χ1n) is 6.74. The van der Waals surface area contributed by atoms with Crippen molar-refractivity contribution in [2.75, 3.05) is 6.54 Å². The molecule has 0 aliphatic carbocycles. The normalized spacial score (nSPS) is 12.1. The quantitative estimate of drug-likeness (QED) is 0.880. The molecule has 20 heavy (non-hydrogen) atoms. The number of amides is 1. The highest BCUT2D eigenvalue weighted by atomic mass is 16.4. The first-order valence-corrected chi connectivity index (χ1v) is 6.74. The van der Waals surface area contributed by atoms with Gasteiger partial charge < -0.3 is 14.4 Å². The molecular weight excluding hydrogens is 254 g/mol. The van der Waals surface area contributed by atoms with Crippen LogP contribution in [-0.2, 0) is 11.3 Å². The predicted molar refractivity (Wildman–Crippen MR) is 75.8 cm³/mol. The number of carbonyl (C=O) groups is 1. The molecule has 0 fully saturated rings. The van der Waals surface area contributed by atoms with Gasteiger partial charge in [-0.15, -0.1) is 0 Å². The number of aliphatic hydroxyl groups excluding tert-OH is 1. The highest BCUT2D eigenvalue weighted by Crippen LogP contribution is 2.17. The molecule has 4 heteroatoms. The van der Waals surface area contributed by atoms with E-state index in [1.807, 2.05) is 37.3 Å². The molecule has 0 saturated carbocycles. The molecular formula is C16H19NO3. The van der Waals surface area contributed by atoms with Gasteiger partial charge in [-0.2, -0.15) is 0 Å². The second-order valence-corrected chi connectivity index (χ2v) is 4.64. The van der Waals surface area contributed by atoms with Crippen LogP contribution in [0.2, 0.25) is 0 Å². The molecule has 0 aliphatic heterocycles. The Morgan fingerprint density at radius 3 is 2.60 bits per heavy atom. The van der Waals surface area contributed by atoms with Gasteiger partial charge in [0.15, 0.2) is 0 Å². The lowest BCUT2D eigenvalue weighted by Gasteiger charge is -2.24. The van der Waals surface area contributed by atoms with Crippen molar-refractivity contribution in [2.45, 2.75) is 26.0 Å². The topological polar surface area (TPSA) is 53.7 Å². The maximum absolute atomic E-state index is 12.0. The summed E-state index contributed by atoms with van der Waals surface area (Å²) in [5.41, 5.74) is 1.04. The molecule has 1 aromatic carbocycles. The van der Waals surface area contributed by atoms with Crippen molar-refractivity contribution in [1.82, 2.24) is 4.90 Å². The summed E-state index contributed by atoms with van der Waals surface area (Å²) in [6.45, 7) is 2.54. The Bertz CT molecular complexity index is 522. The zero-order valence-electron chi connectivity index (χ0n) is 11.5. The maximum Gasteiger partial charge on any atom is 0.222 e. The van der Waals surface area contributed by atoms with Crippen LogP contribution in [0, 0.1) is 0 Å². The van der Waals surface area contributed by atoms with Gasteiger partial charge in [-0.1, -0.05) is 37.3 Å². The predicted octanol–water partition coefficient (Wildman–Crippen LogP) is 2.75. The Morgan fingerprint density at radius 2 is 2.00 bits per heavy atom. The van der Waals surface area contributed by atoms with Crippen molar-refractivity contribution in [1.29, 1.82) is 0 Å². The molecule has 0 unspecified atom stereocenters. The zero-order chi connectivity index (χ0) is 14.4. The summed E-state index contributed by atoms with van der Waals surface area (Å²) in [4.78, 5) is 13.7. The Hall–Kier alpha value is -2.07. The van der Waals surface area contributed by atoms with E-state index in [9.17, 15) is 9.90 Å². The Kier molecular flexibility index (Phi) is 4.96. The molecule has 1 atom stereocenters. The van der Waals surface area contributed by atoms with E-state index in [2.05, 4.69) is 0 Å². The average molecular weight is 273 g/mol. The number of rotatable bonds is 6. The van der Waals surface area contributed by atoms with Gasteiger partial charge in [-0.05, 0) is 17.7 Å². The molecule has 4 nitrogen and oxygen atoms in total. The Morgan fingerprint density at radius 1 is 1.25 bits per heavy atom. The van der Waals surface area contributed by atoms with E-state index in [-0.39, 0.29) is 12.5 Å². The Labute approximate surface area is 118 Å². The summed E-state index contributed by atoms with van der Waals surface area (Å²) >= 11 is 0. The Balaban J connectivity index is 2.06. The molecule has 106 valence electrons. The zero-order valence-corrected chi connectivity index (χ0v) is 11.5. The fraction of sp³-hybridized carbons (Fsp3) is 0.312. The van der Waals surface area contributed by atoms with Gasteiger partial charge in [0.05, 0.1) is 12.8 Å². The van der Waals surface area contributed by atoms with Crippen LogP contribution in [0.3, 0.4) is 0 Å². The van der Waals surface area contributed by atoms with Crippen LogP contribution in [0.5, 0.6) is 0 Å². The average Bonchev–Trinajstić information content (AvgIpc) is 3.01. The van der Waals surface area contributed by atoms with Crippen LogP contribution in [0.4, 0.5) is 0 Å². The van der Waals surface area contributed by atoms with Crippen molar-refractivity contribution in [2.24, 2.45) is 0 Å². The van der Waals surface area contributed by atoms with Crippen molar-refractivity contribution < 1.29 is 14.3 Å². The summed E-state index contributed by atoms with van der Waals surface area (Å²) in [5, 5.41) is 10.1. The molecule has 0 bridgehead atoms. The minimum atomic E-state index is -0.802. The third-order valence-corrected chi connectivity index (χ3v) is 3.14. The lowest BCUT2D eigenvalue weighted by molar-refractivity contribution is -0.133. The van der Waals surface area contributed by atoms with Crippen LogP contribution in [-0.4, -0.2) is 22.5 Å². The van der Waals surface area contributed by atoms with Crippen molar-refractivity contribution >= 4 is 5.91 Å². The summed E-state index contributed by atoms with van der Waals surface area (Å²) in [5.74, 6) is 0.492. The van der Waals surface area contributed by atoms with E-state index < -0.39 is 6.10 Å². The number of aliphatic hydroxyl groups is 1. The minimum absolute atomic E-state index is 0.0134. The standard InChI is InChI=1S/C16H19NO3/c1-2-16(19)17(11-13-7-4-3-5-8-13)12-14(18)15-9-6-10-20-15/h3-10,14,18H,2,11-12H2,1H3/t14-/m1/s1. The van der Waals surface area contributed by atoms with Gasteiger partial charge in [-0.3, -0.25) is 4.79 Å². The van der Waals surface area contributed by atoms with Gasteiger partial charge in [0, 0.05) is 13.0 Å². The van der Waals surface area contributed by atoms with E-state index in [1.165, 1.54) is 6.26 Å². The van der Waals surface area contributed by atoms with Crippen LogP contribution in [0.25, 0.3) is 0 Å². The molecule has 1 N–H and O–H groups in total. The highest BCUT2D eigenvalue weighted by Gasteiger charge is 2.19. The second kappa shape index (κ2) is 6.91. The molecule has 1 aromatic heterocycles. The van der Waals surface area contributed by atoms with Crippen LogP contribution in [0.1, 0.15) is 30.8 Å². The first-order chi connectivity index (χ1) is 9.70. The SMILES string of the molecule is CCC(=O)N(Cc1ccccc1)C[C@@H](O)c1ccco1. The maximum atomic E-state index is 12.0. The summed E-state index contributed by atoms with van der Waals surface area (Å²) in [6, 6.07) is 13.2. The smallest absolute Gasteiger partial charge is 0.222 e. The lowest BCUT2D eigenvalue weighted by atomic mass is 10.2. The van der Waals surface area contributed by atoms with Crippen LogP contribution < -0.4 is 0 Å². The number of nitrogens with zero attached hydrogens (tertiary/aromatic N) is 1. The number of carbonyl (C=O) groups excluding carboxylic acids is 1. The third-order valence-electron chi connectivity index (χ3n) is 3.14. The van der Waals surface area contributed by atoms with Crippen LogP contribution >= 0.6 is 0 Å². The molecule has 1 amide bonds. The van der Waals surface area contributed by atoms with Crippen LogP contribution in [0.15, 0.2) is 53.1 Å². The number of hydrogen-bond donors (Lipinski definition) is 1. The summed E-state index contributed by atoms with van der Waals surface area (Å²) in [7, 11) is 0. The second-order valence-electron chi connectivity index (χ2n) is 4.64. The highest BCUT2D eigenvalue weighted by molar-refractivity contribution is 5.75. The van der Waals surface area contributed by atoms with Crippen molar-refractivity contribution in [3.8, 4) is 0 Å². The van der Waals surface area contributed by atoms with E-state index in [1.54, 1.807) is 17.0 Å². The monoisotopic (exact) mass is 273 g/mol. The van der Waals surface area contributed by atoms with Gasteiger partial charge >= 0.3 is 0 Å². The lowest BCUT2D eigenvalue weighted by Crippen LogP contribution is -2.33. The molecule has 2 rings (SSSR count). The number of benzene rings is 1. The molecule has 0 saturated heterocycles. The first kappa shape index (κ1) is 14.3. The molecule has 1 heterocycles. The molecule has 0 spiro atoms.